The standard InChI is InChI=1S/C22H34F3N3/c1-11-12-28-21(8,9)16(4)20(19(7)27(28)10)18(6)26-17(5)14(2)13-15(3)22(23,24)25/h13,26H,6-7,11-12H2,1-5,8-10H3/b15-13+,17-14+. The summed E-state index contributed by atoms with van der Waals surface area (Å²) in [4.78, 5) is 0. The molecule has 0 saturated heterocycles. The van der Waals surface area contributed by atoms with Gasteiger partial charge in [-0.25, -0.2) is 5.01 Å². The van der Waals surface area contributed by atoms with E-state index in [0.717, 1.165) is 42.8 Å². The summed E-state index contributed by atoms with van der Waals surface area (Å²) in [5, 5.41) is 7.49. The van der Waals surface area contributed by atoms with Gasteiger partial charge in [0.2, 0.25) is 0 Å². The number of hydrogen-bond donors (Lipinski definition) is 1. The summed E-state index contributed by atoms with van der Waals surface area (Å²) in [5.74, 6) is 0. The zero-order valence-electron chi connectivity index (χ0n) is 18.4. The molecule has 1 aliphatic heterocycles. The van der Waals surface area contributed by atoms with Crippen molar-refractivity contribution in [2.45, 2.75) is 66.6 Å². The molecule has 0 aliphatic carbocycles. The van der Waals surface area contributed by atoms with Crippen LogP contribution < -0.4 is 5.32 Å². The Kier molecular flexibility index (Phi) is 7.40. The first kappa shape index (κ1) is 24.1. The van der Waals surface area contributed by atoms with Gasteiger partial charge in [0.15, 0.2) is 0 Å². The zero-order valence-corrected chi connectivity index (χ0v) is 18.4. The van der Waals surface area contributed by atoms with Crippen LogP contribution >= 0.6 is 0 Å². The summed E-state index contributed by atoms with van der Waals surface area (Å²) in [5.41, 5.74) is 3.74. The van der Waals surface area contributed by atoms with Gasteiger partial charge in [-0.15, -0.1) is 0 Å². The van der Waals surface area contributed by atoms with E-state index in [-0.39, 0.29) is 5.54 Å². The fourth-order valence-corrected chi connectivity index (χ4v) is 3.34. The van der Waals surface area contributed by atoms with E-state index in [4.69, 9.17) is 0 Å². The van der Waals surface area contributed by atoms with E-state index >= 15 is 0 Å². The van der Waals surface area contributed by atoms with Gasteiger partial charge >= 0.3 is 6.18 Å². The topological polar surface area (TPSA) is 18.5 Å². The monoisotopic (exact) mass is 397 g/mol. The molecule has 0 aromatic carbocycles. The molecule has 158 valence electrons. The Morgan fingerprint density at radius 1 is 1.21 bits per heavy atom. The fraction of sp³-hybridized carbons (Fsp3) is 0.545. The Morgan fingerprint density at radius 3 is 2.21 bits per heavy atom. The molecule has 6 heteroatoms. The average Bonchev–Trinajstić information content (AvgIpc) is 2.56. The number of rotatable bonds is 6. The molecule has 1 rings (SSSR count). The van der Waals surface area contributed by atoms with Crippen molar-refractivity contribution in [2.24, 2.45) is 0 Å². The second-order valence-corrected chi connectivity index (χ2v) is 7.89. The molecular weight excluding hydrogens is 363 g/mol. The molecular formula is C22H34F3N3. The SMILES string of the molecule is C=C(N/C(C)=C(C)/C=C(\C)C(F)(F)F)C1=C(C)C(C)(C)N(CCC)N(C)C1=C. The zero-order chi connectivity index (χ0) is 22.0. The third kappa shape index (κ3) is 4.90. The number of hydrogen-bond acceptors (Lipinski definition) is 3. The van der Waals surface area contributed by atoms with Gasteiger partial charge in [0, 0.05) is 36.1 Å². The van der Waals surface area contributed by atoms with Gasteiger partial charge in [0.25, 0.3) is 0 Å². The molecule has 0 fully saturated rings. The van der Waals surface area contributed by atoms with Crippen LogP contribution in [0.2, 0.25) is 0 Å². The van der Waals surface area contributed by atoms with Crippen LogP contribution in [0.3, 0.4) is 0 Å². The molecule has 0 saturated carbocycles. The molecule has 1 aliphatic rings. The average molecular weight is 398 g/mol. The molecule has 0 aromatic rings. The summed E-state index contributed by atoms with van der Waals surface area (Å²) < 4.78 is 38.4. The molecule has 0 spiro atoms. The Labute approximate surface area is 167 Å². The third-order valence-corrected chi connectivity index (χ3v) is 5.53. The first-order chi connectivity index (χ1) is 12.7. The van der Waals surface area contributed by atoms with Crippen LogP contribution in [-0.4, -0.2) is 35.3 Å². The summed E-state index contributed by atoms with van der Waals surface area (Å²) in [6.45, 7) is 22.2. The van der Waals surface area contributed by atoms with Crippen LogP contribution in [0.15, 0.2) is 58.6 Å². The van der Waals surface area contributed by atoms with Crippen molar-refractivity contribution in [2.75, 3.05) is 13.6 Å². The van der Waals surface area contributed by atoms with Gasteiger partial charge in [0.1, 0.15) is 0 Å². The van der Waals surface area contributed by atoms with Crippen molar-refractivity contribution in [3.05, 3.63) is 58.6 Å². The van der Waals surface area contributed by atoms with Crippen LogP contribution in [-0.2, 0) is 0 Å². The summed E-state index contributed by atoms with van der Waals surface area (Å²) in [6.07, 6.45) is -2.18. The molecule has 0 unspecified atom stereocenters. The van der Waals surface area contributed by atoms with E-state index in [9.17, 15) is 13.2 Å². The lowest BCUT2D eigenvalue weighted by molar-refractivity contribution is -0.0913. The van der Waals surface area contributed by atoms with Crippen LogP contribution in [0.25, 0.3) is 0 Å². The number of alkyl halides is 3. The number of hydrazine groups is 1. The molecule has 3 nitrogen and oxygen atoms in total. The van der Waals surface area contributed by atoms with Crippen LogP contribution in [0.5, 0.6) is 0 Å². The maximum atomic E-state index is 12.8. The summed E-state index contributed by atoms with van der Waals surface area (Å²) in [7, 11) is 1.98. The van der Waals surface area contributed by atoms with E-state index in [1.165, 1.54) is 0 Å². The highest BCUT2D eigenvalue weighted by molar-refractivity contribution is 5.51. The van der Waals surface area contributed by atoms with Crippen molar-refractivity contribution >= 4 is 0 Å². The van der Waals surface area contributed by atoms with Gasteiger partial charge < -0.3 is 10.3 Å². The van der Waals surface area contributed by atoms with E-state index in [1.54, 1.807) is 13.8 Å². The normalized spacial score (nSPS) is 19.8. The predicted molar refractivity (Wildman–Crippen MR) is 111 cm³/mol. The first-order valence-corrected chi connectivity index (χ1v) is 9.47. The van der Waals surface area contributed by atoms with Gasteiger partial charge in [-0.05, 0) is 65.2 Å². The van der Waals surface area contributed by atoms with Gasteiger partial charge in [-0.3, -0.25) is 0 Å². The molecule has 28 heavy (non-hydrogen) atoms. The van der Waals surface area contributed by atoms with E-state index in [2.05, 4.69) is 51.2 Å². The van der Waals surface area contributed by atoms with E-state index in [0.29, 0.717) is 17.0 Å². The highest BCUT2D eigenvalue weighted by Gasteiger charge is 2.39. The molecule has 0 aromatic heterocycles. The molecule has 0 amide bonds. The second-order valence-electron chi connectivity index (χ2n) is 7.89. The fourth-order valence-electron chi connectivity index (χ4n) is 3.34. The Balaban J connectivity index is 3.26. The van der Waals surface area contributed by atoms with Gasteiger partial charge in [-0.1, -0.05) is 20.1 Å². The Morgan fingerprint density at radius 2 is 1.75 bits per heavy atom. The Bertz CT molecular complexity index is 737. The van der Waals surface area contributed by atoms with E-state index < -0.39 is 11.7 Å². The second kappa shape index (κ2) is 8.60. The highest BCUT2D eigenvalue weighted by atomic mass is 19.4. The van der Waals surface area contributed by atoms with Crippen molar-refractivity contribution in [3.63, 3.8) is 0 Å². The van der Waals surface area contributed by atoms with Gasteiger partial charge in [0.05, 0.1) is 11.2 Å². The summed E-state index contributed by atoms with van der Waals surface area (Å²) >= 11 is 0. The minimum atomic E-state index is -4.33. The smallest absolute Gasteiger partial charge is 0.359 e. The number of likely N-dealkylation sites (N-methyl/N-ethyl adjacent to an activating group) is 1. The molecule has 0 bridgehead atoms. The maximum Gasteiger partial charge on any atom is 0.412 e. The Hall–Kier alpha value is -1.95. The van der Waals surface area contributed by atoms with Crippen molar-refractivity contribution < 1.29 is 13.2 Å². The lowest BCUT2D eigenvalue weighted by atomic mass is 9.85. The number of allylic oxidation sites excluding steroid dienone is 4. The number of nitrogens with zero attached hydrogens (tertiary/aromatic N) is 2. The van der Waals surface area contributed by atoms with Crippen LogP contribution in [0.1, 0.15) is 54.9 Å². The highest BCUT2D eigenvalue weighted by Crippen LogP contribution is 2.39. The lowest BCUT2D eigenvalue weighted by Gasteiger charge is -2.51. The van der Waals surface area contributed by atoms with Crippen molar-refractivity contribution in [3.8, 4) is 0 Å². The largest absolute Gasteiger partial charge is 0.412 e. The third-order valence-electron chi connectivity index (χ3n) is 5.53. The molecule has 0 atom stereocenters. The van der Waals surface area contributed by atoms with Crippen LogP contribution in [0.4, 0.5) is 13.2 Å². The number of halogens is 3. The maximum absolute atomic E-state index is 12.8. The minimum absolute atomic E-state index is 0.231. The molecule has 1 heterocycles. The van der Waals surface area contributed by atoms with Gasteiger partial charge in [-0.2, -0.15) is 13.2 Å². The summed E-state index contributed by atoms with van der Waals surface area (Å²) in [6, 6.07) is 0. The van der Waals surface area contributed by atoms with E-state index in [1.807, 2.05) is 12.1 Å². The number of nitrogens with one attached hydrogen (secondary N) is 1. The van der Waals surface area contributed by atoms with Crippen molar-refractivity contribution in [1.29, 1.82) is 0 Å². The quantitative estimate of drug-likeness (QED) is 0.549. The van der Waals surface area contributed by atoms with Crippen molar-refractivity contribution in [1.82, 2.24) is 15.3 Å². The van der Waals surface area contributed by atoms with Crippen LogP contribution in [0, 0.1) is 0 Å². The minimum Gasteiger partial charge on any atom is -0.359 e. The predicted octanol–water partition coefficient (Wildman–Crippen LogP) is 6.07. The molecule has 0 radical (unpaired) electrons. The molecule has 1 N–H and O–H groups in total. The first-order valence-electron chi connectivity index (χ1n) is 9.47. The lowest BCUT2D eigenvalue weighted by Crippen LogP contribution is -2.57.